The summed E-state index contributed by atoms with van der Waals surface area (Å²) in [5.41, 5.74) is 7.26. The number of carbonyl (C=O) groups is 1. The Labute approximate surface area is 170 Å². The SMILES string of the molecule is N#C/C(=C(/O)CN1CCC(C(N)=O)CC1)c1nc(-c2ccc(Br)cc2)cs1. The number of hydrogen-bond donors (Lipinski definition) is 2. The lowest BCUT2D eigenvalue weighted by Crippen LogP contribution is -2.39. The summed E-state index contributed by atoms with van der Waals surface area (Å²) in [5.74, 6) is -0.364. The molecular weight excluding hydrogens is 428 g/mol. The molecule has 0 saturated carbocycles. The number of thiazole rings is 1. The average molecular weight is 447 g/mol. The first kappa shape index (κ1) is 19.5. The number of piperidine rings is 1. The molecule has 3 N–H and O–H groups in total. The maximum Gasteiger partial charge on any atom is 0.220 e. The van der Waals surface area contributed by atoms with Gasteiger partial charge in [0.25, 0.3) is 0 Å². The van der Waals surface area contributed by atoms with Crippen LogP contribution in [0.5, 0.6) is 0 Å². The first-order valence-corrected chi connectivity index (χ1v) is 10.2. The highest BCUT2D eigenvalue weighted by atomic mass is 79.9. The molecule has 1 aliphatic rings. The molecule has 0 radical (unpaired) electrons. The highest BCUT2D eigenvalue weighted by Gasteiger charge is 2.24. The van der Waals surface area contributed by atoms with E-state index in [2.05, 4.69) is 27.0 Å². The van der Waals surface area contributed by atoms with Crippen molar-refractivity contribution >= 4 is 38.7 Å². The lowest BCUT2D eigenvalue weighted by molar-refractivity contribution is -0.123. The van der Waals surface area contributed by atoms with Crippen molar-refractivity contribution in [3.63, 3.8) is 0 Å². The van der Waals surface area contributed by atoms with Crippen LogP contribution in [0.4, 0.5) is 0 Å². The summed E-state index contributed by atoms with van der Waals surface area (Å²) < 4.78 is 0.983. The number of benzene rings is 1. The van der Waals surface area contributed by atoms with E-state index >= 15 is 0 Å². The van der Waals surface area contributed by atoms with E-state index < -0.39 is 0 Å². The molecule has 27 heavy (non-hydrogen) atoms. The van der Waals surface area contributed by atoms with E-state index in [4.69, 9.17) is 5.73 Å². The van der Waals surface area contributed by atoms with Gasteiger partial charge in [0.1, 0.15) is 22.4 Å². The van der Waals surface area contributed by atoms with Crippen molar-refractivity contribution in [1.82, 2.24) is 9.88 Å². The van der Waals surface area contributed by atoms with Crippen LogP contribution in [0.25, 0.3) is 16.8 Å². The number of allylic oxidation sites excluding steroid dienone is 1. The second-order valence-corrected chi connectivity index (χ2v) is 8.20. The van der Waals surface area contributed by atoms with E-state index in [1.165, 1.54) is 11.3 Å². The number of aliphatic hydroxyl groups excluding tert-OH is 1. The van der Waals surface area contributed by atoms with Crippen LogP contribution >= 0.6 is 27.3 Å². The Morgan fingerprint density at radius 1 is 1.37 bits per heavy atom. The summed E-state index contributed by atoms with van der Waals surface area (Å²) >= 11 is 4.74. The molecule has 140 valence electrons. The zero-order valence-corrected chi connectivity index (χ0v) is 17.0. The van der Waals surface area contributed by atoms with E-state index in [0.29, 0.717) is 30.9 Å². The number of likely N-dealkylation sites (tertiary alicyclic amines) is 1. The van der Waals surface area contributed by atoms with Crippen LogP contribution < -0.4 is 5.73 Å². The molecule has 2 aromatic rings. The Kier molecular flexibility index (Phi) is 6.26. The number of halogens is 1. The molecule has 1 saturated heterocycles. The molecule has 0 aliphatic carbocycles. The number of rotatable bonds is 5. The first-order chi connectivity index (χ1) is 13.0. The minimum absolute atomic E-state index is 0.00623. The molecule has 0 atom stereocenters. The number of primary amides is 1. The molecule has 0 unspecified atom stereocenters. The van der Waals surface area contributed by atoms with Gasteiger partial charge in [0, 0.05) is 21.3 Å². The Balaban J connectivity index is 1.73. The van der Waals surface area contributed by atoms with Crippen molar-refractivity contribution in [3.8, 4) is 17.3 Å². The summed E-state index contributed by atoms with van der Waals surface area (Å²) in [7, 11) is 0. The zero-order chi connectivity index (χ0) is 19.4. The maximum absolute atomic E-state index is 11.3. The van der Waals surface area contributed by atoms with E-state index in [1.807, 2.05) is 34.5 Å². The summed E-state index contributed by atoms with van der Waals surface area (Å²) in [6.45, 7) is 1.60. The van der Waals surface area contributed by atoms with Crippen molar-refractivity contribution in [2.75, 3.05) is 19.6 Å². The molecule has 1 aliphatic heterocycles. The summed E-state index contributed by atoms with van der Waals surface area (Å²) in [5, 5.41) is 22.4. The summed E-state index contributed by atoms with van der Waals surface area (Å²) in [6.07, 6.45) is 1.35. The van der Waals surface area contributed by atoms with E-state index in [9.17, 15) is 15.2 Å². The number of amides is 1. The van der Waals surface area contributed by atoms with Gasteiger partial charge in [-0.25, -0.2) is 4.98 Å². The number of aromatic nitrogens is 1. The van der Waals surface area contributed by atoms with Gasteiger partial charge in [-0.15, -0.1) is 11.3 Å². The molecule has 8 heteroatoms. The molecule has 1 aromatic carbocycles. The van der Waals surface area contributed by atoms with Crippen LogP contribution in [0.3, 0.4) is 0 Å². The predicted octanol–water partition coefficient (Wildman–Crippen LogP) is 3.56. The van der Waals surface area contributed by atoms with Gasteiger partial charge in [-0.3, -0.25) is 9.69 Å². The van der Waals surface area contributed by atoms with Gasteiger partial charge in [0.05, 0.1) is 12.2 Å². The molecule has 3 rings (SSSR count). The monoisotopic (exact) mass is 446 g/mol. The molecule has 2 heterocycles. The molecule has 1 fully saturated rings. The van der Waals surface area contributed by atoms with Gasteiger partial charge in [-0.05, 0) is 38.1 Å². The molecule has 6 nitrogen and oxygen atoms in total. The fourth-order valence-corrected chi connectivity index (χ4v) is 4.15. The number of nitrogens with zero attached hydrogens (tertiary/aromatic N) is 3. The quantitative estimate of drug-likeness (QED) is 0.539. The van der Waals surface area contributed by atoms with Crippen molar-refractivity contribution in [2.45, 2.75) is 12.8 Å². The van der Waals surface area contributed by atoms with Gasteiger partial charge in [-0.1, -0.05) is 28.1 Å². The Bertz CT molecular complexity index is 893. The topological polar surface area (TPSA) is 103 Å². The Morgan fingerprint density at radius 3 is 2.63 bits per heavy atom. The van der Waals surface area contributed by atoms with Gasteiger partial charge in [0.2, 0.25) is 5.91 Å². The second-order valence-electron chi connectivity index (χ2n) is 6.43. The lowest BCUT2D eigenvalue weighted by atomic mass is 9.96. The van der Waals surface area contributed by atoms with Crippen LogP contribution in [-0.2, 0) is 4.79 Å². The molecule has 1 amide bonds. The van der Waals surface area contributed by atoms with Gasteiger partial charge < -0.3 is 10.8 Å². The highest BCUT2D eigenvalue weighted by molar-refractivity contribution is 9.10. The van der Waals surface area contributed by atoms with Crippen molar-refractivity contribution in [2.24, 2.45) is 11.7 Å². The van der Waals surface area contributed by atoms with Crippen molar-refractivity contribution in [3.05, 3.63) is 44.9 Å². The van der Waals surface area contributed by atoms with Gasteiger partial charge >= 0.3 is 0 Å². The lowest BCUT2D eigenvalue weighted by Gasteiger charge is -2.30. The fourth-order valence-electron chi connectivity index (χ4n) is 3.04. The molecule has 1 aromatic heterocycles. The zero-order valence-electron chi connectivity index (χ0n) is 14.6. The van der Waals surface area contributed by atoms with Crippen molar-refractivity contribution < 1.29 is 9.90 Å². The number of carbonyl (C=O) groups excluding carboxylic acids is 1. The van der Waals surface area contributed by atoms with Gasteiger partial charge in [0.15, 0.2) is 0 Å². The number of aliphatic hydroxyl groups is 1. The van der Waals surface area contributed by atoms with Gasteiger partial charge in [-0.2, -0.15) is 5.26 Å². The maximum atomic E-state index is 11.3. The number of nitrogens with two attached hydrogens (primary N) is 1. The minimum Gasteiger partial charge on any atom is -0.509 e. The van der Waals surface area contributed by atoms with Crippen LogP contribution in [0, 0.1) is 17.2 Å². The van der Waals surface area contributed by atoms with E-state index in [0.717, 1.165) is 15.7 Å². The molecule has 0 spiro atoms. The summed E-state index contributed by atoms with van der Waals surface area (Å²) in [4.78, 5) is 17.8. The smallest absolute Gasteiger partial charge is 0.220 e. The molecule has 0 bridgehead atoms. The third kappa shape index (κ3) is 4.75. The number of hydrogen-bond acceptors (Lipinski definition) is 6. The predicted molar refractivity (Wildman–Crippen MR) is 109 cm³/mol. The van der Waals surface area contributed by atoms with Crippen LogP contribution in [0.1, 0.15) is 17.8 Å². The third-order valence-electron chi connectivity index (χ3n) is 4.62. The standard InChI is InChI=1S/C19H19BrN4O2S/c20-14-3-1-12(2-4-14)16-11-27-19(23-16)15(9-21)17(25)10-24-7-5-13(6-8-24)18(22)26/h1-4,11,13,25H,5-8,10H2,(H2,22,26)/b17-15-. The summed E-state index contributed by atoms with van der Waals surface area (Å²) in [6, 6.07) is 9.84. The average Bonchev–Trinajstić information content (AvgIpc) is 3.13. The molecular formula is C19H19BrN4O2S. The Hall–Kier alpha value is -2.21. The third-order valence-corrected chi connectivity index (χ3v) is 6.01. The largest absolute Gasteiger partial charge is 0.509 e. The van der Waals surface area contributed by atoms with E-state index in [1.54, 1.807) is 0 Å². The highest BCUT2D eigenvalue weighted by Crippen LogP contribution is 2.28. The van der Waals surface area contributed by atoms with Crippen molar-refractivity contribution in [1.29, 1.82) is 5.26 Å². The van der Waals surface area contributed by atoms with Crippen LogP contribution in [0.15, 0.2) is 39.9 Å². The van der Waals surface area contributed by atoms with Crippen LogP contribution in [-0.4, -0.2) is 40.5 Å². The second kappa shape index (κ2) is 8.65. The number of nitriles is 1. The fraction of sp³-hybridized carbons (Fsp3) is 0.316. The first-order valence-electron chi connectivity index (χ1n) is 8.53. The minimum atomic E-state index is -0.268. The van der Waals surface area contributed by atoms with Crippen LogP contribution in [0.2, 0.25) is 0 Å². The van der Waals surface area contributed by atoms with E-state index in [-0.39, 0.29) is 29.7 Å². The Morgan fingerprint density at radius 2 is 2.04 bits per heavy atom. The normalized spacial score (nSPS) is 16.6.